The summed E-state index contributed by atoms with van der Waals surface area (Å²) in [6, 6.07) is 15.1. The van der Waals surface area contributed by atoms with Crippen molar-refractivity contribution >= 4 is 23.8 Å². The number of alkyl halides is 26. The lowest BCUT2D eigenvalue weighted by atomic mass is 9.91. The molecule has 0 saturated carbocycles. The summed E-state index contributed by atoms with van der Waals surface area (Å²) in [5, 5.41) is 0.716. The highest BCUT2D eigenvalue weighted by Crippen LogP contribution is 2.62. The minimum atomic E-state index is -8.08. The number of benzene rings is 3. The van der Waals surface area contributed by atoms with Crippen molar-refractivity contribution in [1.82, 2.24) is 0 Å². The lowest BCUT2D eigenvalue weighted by Crippen LogP contribution is -2.70. The number of aryl methyl sites for hydroxylation is 2. The number of rotatable bonds is 17. The van der Waals surface area contributed by atoms with Crippen LogP contribution in [0.25, 0.3) is 0 Å². The van der Waals surface area contributed by atoms with E-state index in [2.05, 4.69) is 0 Å². The largest absolute Gasteiger partial charge is 0.460 e. The molecule has 0 aromatic heterocycles. The second-order valence-electron chi connectivity index (χ2n) is 13.0. The molecule has 0 bridgehead atoms. The first-order valence-electron chi connectivity index (χ1n) is 16.1. The van der Waals surface area contributed by atoms with E-state index in [1.54, 1.807) is 0 Å². The van der Waals surface area contributed by atoms with E-state index >= 15 is 0 Å². The average Bonchev–Trinajstić information content (AvgIpc) is 3.13. The number of halogens is 26. The summed E-state index contributed by atoms with van der Waals surface area (Å²) in [4.78, 5) is 0. The Morgan fingerprint density at radius 1 is 0.279 bits per heavy atom. The van der Waals surface area contributed by atoms with Crippen molar-refractivity contribution < 1.29 is 114 Å². The van der Waals surface area contributed by atoms with Crippen molar-refractivity contribution in [2.24, 2.45) is 0 Å². The van der Waals surface area contributed by atoms with Gasteiger partial charge in [-0.15, -0.1) is 0 Å². The zero-order chi connectivity index (χ0) is 47.5. The van der Waals surface area contributed by atoms with Crippen LogP contribution in [0.3, 0.4) is 0 Å². The Morgan fingerprint density at radius 3 is 0.787 bits per heavy atom. The van der Waals surface area contributed by atoms with Crippen LogP contribution < -0.4 is 15.9 Å². The maximum absolute atomic E-state index is 14.3. The van der Waals surface area contributed by atoms with Gasteiger partial charge >= 0.3 is 71.6 Å². The fourth-order valence-electron chi connectivity index (χ4n) is 5.17. The molecule has 3 aromatic rings. The Balaban J connectivity index is 1.86. The quantitative estimate of drug-likeness (QED) is 0.0934. The van der Waals surface area contributed by atoms with Crippen LogP contribution in [0.1, 0.15) is 24.0 Å². The Bertz CT molecular complexity index is 1810. The Kier molecular flexibility index (Phi) is 13.6. The van der Waals surface area contributed by atoms with E-state index in [-0.39, 0.29) is 10.6 Å². The second-order valence-corrected chi connectivity index (χ2v) is 15.2. The summed E-state index contributed by atoms with van der Waals surface area (Å²) in [5.74, 6) is -75.6. The predicted molar refractivity (Wildman–Crippen MR) is 163 cm³/mol. The topological polar surface area (TPSA) is 0 Å². The van der Waals surface area contributed by atoms with Crippen LogP contribution in [-0.2, 0) is 12.8 Å². The normalized spacial score (nSPS) is 15.1. The number of hydrogen-bond acceptors (Lipinski definition) is 0. The van der Waals surface area contributed by atoms with Crippen molar-refractivity contribution in [2.45, 2.75) is 97.3 Å². The molecule has 0 spiro atoms. The van der Waals surface area contributed by atoms with Crippen LogP contribution in [0.15, 0.2) is 78.9 Å². The van der Waals surface area contributed by atoms with Crippen LogP contribution in [0, 0.1) is 0 Å². The van der Waals surface area contributed by atoms with Gasteiger partial charge in [0.05, 0.1) is 0 Å². The van der Waals surface area contributed by atoms with Gasteiger partial charge in [0.1, 0.15) is 0 Å². The number of hydrogen-bond donors (Lipinski definition) is 0. The maximum Gasteiger partial charge on any atom is 0.460 e. The molecule has 0 atom stereocenters. The van der Waals surface area contributed by atoms with Gasteiger partial charge in [-0.2, -0.15) is 114 Å². The predicted octanol–water partition coefficient (Wildman–Crippen LogP) is 12.8. The monoisotopic (exact) mass is 954 g/mol. The smallest absolute Gasteiger partial charge is 0.200 e. The third kappa shape index (κ3) is 8.67. The molecule has 0 aliphatic rings. The molecule has 0 saturated heterocycles. The summed E-state index contributed by atoms with van der Waals surface area (Å²) in [5.41, 5.74) is -0.923. The molecule has 0 amide bonds. The first-order valence-corrected chi connectivity index (χ1v) is 17.4. The Hall–Kier alpha value is -3.73. The standard InChI is InChI=1S/C34H21F26P/c35-23(36,25(39,40)27(43,44)29(47,48)31(51,52)33(55,56)57)16-14-18-6-10-21(11-7-18)61(20-4-2-1-3-5-20)22-12-8-19(9-13-22)15-17-24(37,38)26(41,42)28(45,46)30(49,50)32(53,54)34(58,59)60/h1-13H,14-17H2. The highest BCUT2D eigenvalue weighted by atomic mass is 31.1. The van der Waals surface area contributed by atoms with Gasteiger partial charge in [0, 0.05) is 12.8 Å². The first kappa shape index (κ1) is 51.6. The molecule has 0 N–H and O–H groups in total. The third-order valence-corrected chi connectivity index (χ3v) is 11.3. The van der Waals surface area contributed by atoms with E-state index in [0.717, 1.165) is 48.5 Å². The van der Waals surface area contributed by atoms with E-state index in [4.69, 9.17) is 0 Å². The van der Waals surface area contributed by atoms with Crippen LogP contribution >= 0.6 is 7.92 Å². The molecule has 0 aliphatic carbocycles. The van der Waals surface area contributed by atoms with Gasteiger partial charge in [-0.05, 0) is 47.8 Å². The molecule has 344 valence electrons. The molecular weight excluding hydrogens is 933 g/mol. The molecule has 0 radical (unpaired) electrons. The zero-order valence-electron chi connectivity index (χ0n) is 29.1. The fraction of sp³-hybridized carbons (Fsp3) is 0.471. The zero-order valence-corrected chi connectivity index (χ0v) is 30.0. The van der Waals surface area contributed by atoms with Crippen LogP contribution in [0.5, 0.6) is 0 Å². The molecule has 3 aromatic carbocycles. The minimum Gasteiger partial charge on any atom is -0.200 e. The van der Waals surface area contributed by atoms with E-state index < -0.39 is 116 Å². The lowest BCUT2D eigenvalue weighted by molar-refractivity contribution is -0.440. The van der Waals surface area contributed by atoms with E-state index in [1.807, 2.05) is 0 Å². The molecular formula is C34H21F26P. The van der Waals surface area contributed by atoms with Gasteiger partial charge < -0.3 is 0 Å². The molecule has 3 rings (SSSR count). The summed E-state index contributed by atoms with van der Waals surface area (Å²) in [6.45, 7) is 0. The van der Waals surface area contributed by atoms with Gasteiger partial charge in [0.15, 0.2) is 0 Å². The third-order valence-electron chi connectivity index (χ3n) is 8.86. The molecule has 0 aliphatic heterocycles. The van der Waals surface area contributed by atoms with E-state index in [9.17, 15) is 114 Å². The SMILES string of the molecule is FC(F)(F)C(F)(F)C(F)(F)C(F)(F)C(F)(F)C(F)(F)CCc1ccc(P(c2ccccc2)c2ccc(CCC(F)(F)C(F)(F)C(F)(F)C(F)(F)C(F)(F)C(F)(F)F)cc2)cc1. The van der Waals surface area contributed by atoms with E-state index in [1.165, 1.54) is 30.3 Å². The molecule has 27 heteroatoms. The van der Waals surface area contributed by atoms with E-state index in [0.29, 0.717) is 5.30 Å². The fourth-order valence-corrected chi connectivity index (χ4v) is 7.43. The Morgan fingerprint density at radius 2 is 0.525 bits per heavy atom. The van der Waals surface area contributed by atoms with Crippen molar-refractivity contribution in [3.8, 4) is 0 Å². The highest BCUT2D eigenvalue weighted by molar-refractivity contribution is 7.79. The van der Waals surface area contributed by atoms with Gasteiger partial charge in [0.25, 0.3) is 0 Å². The van der Waals surface area contributed by atoms with Gasteiger partial charge in [-0.25, -0.2) is 0 Å². The van der Waals surface area contributed by atoms with Crippen molar-refractivity contribution in [3.63, 3.8) is 0 Å². The van der Waals surface area contributed by atoms with Gasteiger partial charge in [0.2, 0.25) is 0 Å². The first-order chi connectivity index (χ1) is 27.1. The van der Waals surface area contributed by atoms with Crippen LogP contribution in [-0.4, -0.2) is 71.6 Å². The van der Waals surface area contributed by atoms with Crippen molar-refractivity contribution in [1.29, 1.82) is 0 Å². The van der Waals surface area contributed by atoms with Crippen LogP contribution in [0.4, 0.5) is 114 Å². The average molecular weight is 954 g/mol. The molecule has 0 unspecified atom stereocenters. The summed E-state index contributed by atoms with van der Waals surface area (Å²) < 4.78 is 350. The molecule has 61 heavy (non-hydrogen) atoms. The molecule has 0 heterocycles. The molecule has 0 nitrogen and oxygen atoms in total. The summed E-state index contributed by atoms with van der Waals surface area (Å²) in [7, 11) is -1.90. The van der Waals surface area contributed by atoms with Crippen LogP contribution in [0.2, 0.25) is 0 Å². The van der Waals surface area contributed by atoms with Gasteiger partial charge in [-0.3, -0.25) is 0 Å². The van der Waals surface area contributed by atoms with Gasteiger partial charge in [-0.1, -0.05) is 78.9 Å². The Labute approximate surface area is 325 Å². The van der Waals surface area contributed by atoms with Crippen molar-refractivity contribution in [3.05, 3.63) is 90.0 Å². The lowest BCUT2D eigenvalue weighted by Gasteiger charge is -2.39. The van der Waals surface area contributed by atoms with Crippen molar-refractivity contribution in [2.75, 3.05) is 0 Å². The summed E-state index contributed by atoms with van der Waals surface area (Å²) >= 11 is 0. The second kappa shape index (κ2) is 16.1. The molecule has 0 fully saturated rings. The minimum absolute atomic E-state index is 0.167. The maximum atomic E-state index is 14.3. The summed E-state index contributed by atoms with van der Waals surface area (Å²) in [6.07, 6.45) is -23.1. The highest BCUT2D eigenvalue weighted by Gasteiger charge is 2.92.